The van der Waals surface area contributed by atoms with Crippen molar-refractivity contribution in [1.82, 2.24) is 0 Å². The Morgan fingerprint density at radius 3 is 1.90 bits per heavy atom. The van der Waals surface area contributed by atoms with E-state index in [2.05, 4.69) is 6.58 Å². The van der Waals surface area contributed by atoms with Gasteiger partial charge in [-0.15, -0.1) is 0 Å². The first-order valence-corrected chi connectivity index (χ1v) is 8.33. The average molecular weight is 319 g/mol. The molecule has 0 saturated heterocycles. The van der Waals surface area contributed by atoms with Gasteiger partial charge in [0.2, 0.25) is 0 Å². The van der Waals surface area contributed by atoms with Crippen molar-refractivity contribution in [3.8, 4) is 0 Å². The molecular formula is C16H27ClO2S. The Kier molecular flexibility index (Phi) is 13.3. The van der Waals surface area contributed by atoms with Gasteiger partial charge in [0.25, 0.3) is 0 Å². The van der Waals surface area contributed by atoms with Crippen LogP contribution in [0.5, 0.6) is 0 Å². The molecule has 2 nitrogen and oxygen atoms in total. The highest BCUT2D eigenvalue weighted by Gasteiger charge is 2.01. The van der Waals surface area contributed by atoms with Gasteiger partial charge in [-0.2, -0.15) is 0 Å². The largest absolute Gasteiger partial charge is 0.462 e. The fourth-order valence-corrected chi connectivity index (χ4v) is 2.17. The van der Waals surface area contributed by atoms with Crippen LogP contribution in [0.25, 0.3) is 0 Å². The first-order valence-electron chi connectivity index (χ1n) is 7.55. The van der Waals surface area contributed by atoms with Gasteiger partial charge in [0.05, 0.1) is 10.9 Å². The van der Waals surface area contributed by atoms with Gasteiger partial charge >= 0.3 is 5.97 Å². The van der Waals surface area contributed by atoms with Crippen molar-refractivity contribution in [3.05, 3.63) is 12.2 Å². The molecule has 0 aliphatic carbocycles. The molecule has 0 amide bonds. The van der Waals surface area contributed by atoms with Crippen molar-refractivity contribution >= 4 is 34.1 Å². The van der Waals surface area contributed by atoms with E-state index in [1.807, 2.05) is 0 Å². The van der Waals surface area contributed by atoms with Gasteiger partial charge in [-0.3, -0.25) is 0 Å². The molecular weight excluding hydrogens is 292 g/mol. The normalized spacial score (nSPS) is 10.3. The lowest BCUT2D eigenvalue weighted by Crippen LogP contribution is -2.05. The highest BCUT2D eigenvalue weighted by atomic mass is 35.5. The predicted octanol–water partition coefficient (Wildman–Crippen LogP) is 5.57. The Hall–Kier alpha value is -0.410. The molecule has 0 aromatic carbocycles. The van der Waals surface area contributed by atoms with Gasteiger partial charge in [-0.1, -0.05) is 75.3 Å². The Balaban J connectivity index is 3.12. The molecule has 0 rings (SSSR count). The lowest BCUT2D eigenvalue weighted by atomic mass is 10.1. The number of hydrogen-bond acceptors (Lipinski definition) is 3. The molecule has 0 aromatic rings. The van der Waals surface area contributed by atoms with Crippen LogP contribution in [0.15, 0.2) is 12.2 Å². The van der Waals surface area contributed by atoms with Crippen molar-refractivity contribution in [2.45, 2.75) is 71.1 Å². The Bertz CT molecular complexity index is 303. The number of rotatable bonds is 13. The van der Waals surface area contributed by atoms with Crippen LogP contribution >= 0.6 is 23.8 Å². The molecule has 20 heavy (non-hydrogen) atoms. The van der Waals surface area contributed by atoms with Crippen molar-refractivity contribution in [3.63, 3.8) is 0 Å². The number of halogens is 1. The van der Waals surface area contributed by atoms with Crippen molar-refractivity contribution in [2.24, 2.45) is 0 Å². The van der Waals surface area contributed by atoms with Gasteiger partial charge < -0.3 is 4.74 Å². The molecule has 116 valence electrons. The summed E-state index contributed by atoms with van der Waals surface area (Å²) in [6, 6.07) is 0. The first-order chi connectivity index (χ1) is 9.54. The van der Waals surface area contributed by atoms with Crippen LogP contribution < -0.4 is 0 Å². The van der Waals surface area contributed by atoms with E-state index in [0.717, 1.165) is 25.7 Å². The molecule has 0 aliphatic heterocycles. The zero-order valence-corrected chi connectivity index (χ0v) is 14.2. The smallest absolute Gasteiger partial charge is 0.333 e. The summed E-state index contributed by atoms with van der Waals surface area (Å²) in [7, 11) is 0. The van der Waals surface area contributed by atoms with E-state index in [4.69, 9.17) is 28.6 Å². The van der Waals surface area contributed by atoms with E-state index in [0.29, 0.717) is 16.5 Å². The Morgan fingerprint density at radius 2 is 1.45 bits per heavy atom. The third kappa shape index (κ3) is 14.0. The number of unbranched alkanes of at least 4 members (excludes halogenated alkanes) is 8. The number of esters is 1. The first kappa shape index (κ1) is 19.6. The molecule has 0 spiro atoms. The molecule has 0 unspecified atom stereocenters. The van der Waals surface area contributed by atoms with Crippen LogP contribution in [0, 0.1) is 0 Å². The van der Waals surface area contributed by atoms with E-state index in [1.165, 1.54) is 38.5 Å². The third-order valence-electron chi connectivity index (χ3n) is 3.10. The van der Waals surface area contributed by atoms with Crippen molar-refractivity contribution in [1.29, 1.82) is 0 Å². The zero-order valence-electron chi connectivity index (χ0n) is 12.6. The SMILES string of the molecule is C=C(C)C(=O)OCCCCCCCCCCCC(=S)Cl. The van der Waals surface area contributed by atoms with Crippen LogP contribution in [0.2, 0.25) is 0 Å². The molecule has 0 heterocycles. The number of carbonyl (C=O) groups is 1. The minimum atomic E-state index is -0.276. The molecule has 0 aromatic heterocycles. The Morgan fingerprint density at radius 1 is 1.00 bits per heavy atom. The number of ether oxygens (including phenoxy) is 1. The summed E-state index contributed by atoms with van der Waals surface area (Å²) >= 11 is 10.5. The monoisotopic (exact) mass is 318 g/mol. The van der Waals surface area contributed by atoms with Gasteiger partial charge in [0, 0.05) is 5.57 Å². The molecule has 4 heteroatoms. The van der Waals surface area contributed by atoms with Gasteiger partial charge in [-0.25, -0.2) is 4.79 Å². The molecule has 0 radical (unpaired) electrons. The third-order valence-corrected chi connectivity index (χ3v) is 3.49. The molecule has 0 aliphatic rings. The summed E-state index contributed by atoms with van der Waals surface area (Å²) in [4.78, 5) is 11.1. The van der Waals surface area contributed by atoms with Crippen LogP contribution in [0.4, 0.5) is 0 Å². The maximum Gasteiger partial charge on any atom is 0.333 e. The van der Waals surface area contributed by atoms with E-state index in [9.17, 15) is 4.79 Å². The lowest BCUT2D eigenvalue weighted by Gasteiger charge is -2.04. The molecule has 0 fully saturated rings. The van der Waals surface area contributed by atoms with E-state index >= 15 is 0 Å². The van der Waals surface area contributed by atoms with Gasteiger partial charge in [0.15, 0.2) is 0 Å². The van der Waals surface area contributed by atoms with Gasteiger partial charge in [-0.05, 0) is 26.2 Å². The van der Waals surface area contributed by atoms with Crippen LogP contribution in [0.1, 0.15) is 71.1 Å². The van der Waals surface area contributed by atoms with E-state index in [-0.39, 0.29) is 5.97 Å². The maximum atomic E-state index is 11.1. The average Bonchev–Trinajstić information content (AvgIpc) is 2.39. The molecule has 0 atom stereocenters. The minimum absolute atomic E-state index is 0.276. The number of hydrogen-bond donors (Lipinski definition) is 0. The Labute approximate surface area is 133 Å². The summed E-state index contributed by atoms with van der Waals surface area (Å²) in [6.45, 7) is 5.73. The lowest BCUT2D eigenvalue weighted by molar-refractivity contribution is -0.139. The quantitative estimate of drug-likeness (QED) is 0.146. The maximum absolute atomic E-state index is 11.1. The molecule has 0 bridgehead atoms. The summed E-state index contributed by atoms with van der Waals surface area (Å²) < 4.78 is 5.64. The second kappa shape index (κ2) is 13.6. The van der Waals surface area contributed by atoms with Crippen LogP contribution in [-0.4, -0.2) is 16.9 Å². The van der Waals surface area contributed by atoms with E-state index in [1.54, 1.807) is 6.92 Å². The predicted molar refractivity (Wildman–Crippen MR) is 90.4 cm³/mol. The van der Waals surface area contributed by atoms with Gasteiger partial charge in [0.1, 0.15) is 0 Å². The van der Waals surface area contributed by atoms with Crippen molar-refractivity contribution in [2.75, 3.05) is 6.61 Å². The summed E-state index contributed by atoms with van der Waals surface area (Å²) in [5.74, 6) is -0.276. The number of thiocarbonyl (C=S) groups is 1. The number of carbonyl (C=O) groups excluding carboxylic acids is 1. The summed E-state index contributed by atoms with van der Waals surface area (Å²) in [5, 5.41) is 0. The van der Waals surface area contributed by atoms with E-state index < -0.39 is 0 Å². The summed E-state index contributed by atoms with van der Waals surface area (Å²) in [5.41, 5.74) is 0.472. The summed E-state index contributed by atoms with van der Waals surface area (Å²) in [6.07, 6.45) is 11.6. The topological polar surface area (TPSA) is 26.3 Å². The fraction of sp³-hybridized carbons (Fsp3) is 0.750. The van der Waals surface area contributed by atoms with Crippen LogP contribution in [0.3, 0.4) is 0 Å². The highest BCUT2D eigenvalue weighted by molar-refractivity contribution is 7.83. The minimum Gasteiger partial charge on any atom is -0.462 e. The highest BCUT2D eigenvalue weighted by Crippen LogP contribution is 2.11. The zero-order chi connectivity index (χ0) is 15.2. The fourth-order valence-electron chi connectivity index (χ4n) is 1.89. The molecule has 0 N–H and O–H groups in total. The molecule has 0 saturated carbocycles. The standard InChI is InChI=1S/C16H27ClO2S/c1-14(2)16(18)19-13-11-9-7-5-3-4-6-8-10-12-15(17)20/h1,3-13H2,2H3. The van der Waals surface area contributed by atoms with Crippen LogP contribution in [-0.2, 0) is 9.53 Å². The van der Waals surface area contributed by atoms with Crippen molar-refractivity contribution < 1.29 is 9.53 Å². The second-order valence-corrected chi connectivity index (χ2v) is 6.38. The second-order valence-electron chi connectivity index (χ2n) is 5.20.